The first kappa shape index (κ1) is 5.06. The fourth-order valence-electron chi connectivity index (χ4n) is 0.743. The van der Waals surface area contributed by atoms with E-state index in [0.717, 1.165) is 26.1 Å². The Labute approximate surface area is 43.9 Å². The lowest BCUT2D eigenvalue weighted by atomic mass is 10.5. The highest BCUT2D eigenvalue weighted by molar-refractivity contribution is 4.54. The Hall–Kier alpha value is -0.0800. The van der Waals surface area contributed by atoms with Crippen LogP contribution in [-0.4, -0.2) is 24.3 Å². The van der Waals surface area contributed by atoms with Gasteiger partial charge in [0.05, 0.1) is 6.54 Å². The summed E-state index contributed by atoms with van der Waals surface area (Å²) in [6.07, 6.45) is 1.03. The third-order valence-electron chi connectivity index (χ3n) is 1.35. The molecule has 42 valence electrons. The topological polar surface area (TPSA) is 23.1 Å². The van der Waals surface area contributed by atoms with Crippen molar-refractivity contribution in [2.45, 2.75) is 13.3 Å². The molecule has 0 aromatic heterocycles. The summed E-state index contributed by atoms with van der Waals surface area (Å²) in [6.45, 7) is 4.62. The summed E-state index contributed by atoms with van der Waals surface area (Å²) in [7, 11) is 0. The third kappa shape index (κ3) is 1.14. The average molecular weight is 101 g/mol. The number of hydrogen-bond acceptors (Lipinski definition) is 1. The van der Waals surface area contributed by atoms with Gasteiger partial charge in [0.1, 0.15) is 13.1 Å². The highest BCUT2D eigenvalue weighted by Gasteiger charge is 2.30. The van der Waals surface area contributed by atoms with E-state index in [-0.39, 0.29) is 4.65 Å². The van der Waals surface area contributed by atoms with Gasteiger partial charge in [-0.15, -0.1) is 0 Å². The van der Waals surface area contributed by atoms with Gasteiger partial charge in [0.15, 0.2) is 0 Å². The standard InChI is InChI=1S/C5H11NO/c1-2-3-6(7)4-5-6/h2-5H2,1H3. The molecule has 1 fully saturated rings. The van der Waals surface area contributed by atoms with Gasteiger partial charge in [-0.1, -0.05) is 6.92 Å². The van der Waals surface area contributed by atoms with Crippen LogP contribution in [0.3, 0.4) is 0 Å². The van der Waals surface area contributed by atoms with Gasteiger partial charge in [-0.2, -0.15) is 0 Å². The van der Waals surface area contributed by atoms with Crippen molar-refractivity contribution in [2.24, 2.45) is 0 Å². The minimum absolute atomic E-state index is 0.0938. The molecular weight excluding hydrogens is 90.1 g/mol. The maximum Gasteiger partial charge on any atom is 0.129 e. The summed E-state index contributed by atoms with van der Waals surface area (Å²) in [5.74, 6) is 0. The second-order valence-corrected chi connectivity index (χ2v) is 2.23. The molecule has 0 aliphatic carbocycles. The highest BCUT2D eigenvalue weighted by Crippen LogP contribution is 2.17. The largest absolute Gasteiger partial charge is 0.632 e. The van der Waals surface area contributed by atoms with Crippen molar-refractivity contribution in [3.63, 3.8) is 0 Å². The second kappa shape index (κ2) is 1.46. The Morgan fingerprint density at radius 2 is 2.14 bits per heavy atom. The maximum atomic E-state index is 10.8. The predicted octanol–water partition coefficient (Wildman–Crippen LogP) is 0.725. The van der Waals surface area contributed by atoms with Crippen LogP contribution in [0.1, 0.15) is 13.3 Å². The molecule has 0 radical (unpaired) electrons. The second-order valence-electron chi connectivity index (χ2n) is 2.23. The number of rotatable bonds is 2. The molecule has 0 N–H and O–H groups in total. The van der Waals surface area contributed by atoms with E-state index >= 15 is 0 Å². The molecule has 0 unspecified atom stereocenters. The molecule has 0 atom stereocenters. The minimum Gasteiger partial charge on any atom is -0.632 e. The summed E-state index contributed by atoms with van der Waals surface area (Å²) in [5.41, 5.74) is 0. The van der Waals surface area contributed by atoms with Gasteiger partial charge < -0.3 is 9.85 Å². The lowest BCUT2D eigenvalue weighted by Gasteiger charge is -2.19. The van der Waals surface area contributed by atoms with E-state index in [4.69, 9.17) is 0 Å². The molecule has 0 saturated carbocycles. The van der Waals surface area contributed by atoms with E-state index in [2.05, 4.69) is 6.92 Å². The van der Waals surface area contributed by atoms with Crippen LogP contribution in [0.15, 0.2) is 0 Å². The number of hydroxylamine groups is 3. The van der Waals surface area contributed by atoms with Crippen LogP contribution in [0.5, 0.6) is 0 Å². The van der Waals surface area contributed by atoms with Crippen LogP contribution in [0.25, 0.3) is 0 Å². The molecule has 1 saturated heterocycles. The van der Waals surface area contributed by atoms with Gasteiger partial charge >= 0.3 is 0 Å². The zero-order valence-corrected chi connectivity index (χ0v) is 4.68. The Kier molecular flexibility index (Phi) is 1.05. The van der Waals surface area contributed by atoms with Gasteiger partial charge in [-0.05, 0) is 6.42 Å². The van der Waals surface area contributed by atoms with Crippen molar-refractivity contribution in [1.82, 2.24) is 0 Å². The van der Waals surface area contributed by atoms with Crippen LogP contribution >= 0.6 is 0 Å². The highest BCUT2D eigenvalue weighted by atomic mass is 16.6. The molecule has 0 bridgehead atoms. The Bertz CT molecular complexity index is 68.5. The first-order chi connectivity index (χ1) is 3.27. The molecular formula is C5H11NO. The van der Waals surface area contributed by atoms with Crippen LogP contribution in [0.2, 0.25) is 0 Å². The predicted molar refractivity (Wildman–Crippen MR) is 28.5 cm³/mol. The maximum absolute atomic E-state index is 10.8. The molecule has 0 amide bonds. The summed E-state index contributed by atoms with van der Waals surface area (Å²) in [4.78, 5) is 0. The first-order valence-corrected chi connectivity index (χ1v) is 2.84. The summed E-state index contributed by atoms with van der Waals surface area (Å²) in [6, 6.07) is 0. The molecule has 1 heterocycles. The Balaban J connectivity index is 2.13. The minimum atomic E-state index is 0.0938. The van der Waals surface area contributed by atoms with E-state index in [1.54, 1.807) is 0 Å². The molecule has 1 rings (SSSR count). The molecule has 1 aliphatic rings. The van der Waals surface area contributed by atoms with Gasteiger partial charge in [-0.3, -0.25) is 0 Å². The Morgan fingerprint density at radius 3 is 2.29 bits per heavy atom. The van der Waals surface area contributed by atoms with Crippen molar-refractivity contribution in [3.8, 4) is 0 Å². The van der Waals surface area contributed by atoms with Gasteiger partial charge in [0, 0.05) is 0 Å². The number of quaternary nitrogens is 1. The van der Waals surface area contributed by atoms with E-state index in [9.17, 15) is 5.21 Å². The van der Waals surface area contributed by atoms with Crippen LogP contribution in [-0.2, 0) is 0 Å². The SMILES string of the molecule is CCC[N+]1([O-])CC1. The fraction of sp³-hybridized carbons (Fsp3) is 1.00. The average Bonchev–Trinajstić information content (AvgIpc) is 2.22. The van der Waals surface area contributed by atoms with Crippen molar-refractivity contribution < 1.29 is 4.65 Å². The molecule has 0 aromatic carbocycles. The van der Waals surface area contributed by atoms with Crippen molar-refractivity contribution in [2.75, 3.05) is 19.6 Å². The smallest absolute Gasteiger partial charge is 0.129 e. The lowest BCUT2D eigenvalue weighted by molar-refractivity contribution is -0.744. The van der Waals surface area contributed by atoms with E-state index in [0.29, 0.717) is 0 Å². The molecule has 0 aromatic rings. The molecule has 1 aliphatic heterocycles. The fourth-order valence-corrected chi connectivity index (χ4v) is 0.743. The molecule has 2 nitrogen and oxygen atoms in total. The van der Waals surface area contributed by atoms with Gasteiger partial charge in [-0.25, -0.2) is 0 Å². The lowest BCUT2D eigenvalue weighted by Crippen LogP contribution is -2.17. The van der Waals surface area contributed by atoms with Crippen molar-refractivity contribution >= 4 is 0 Å². The van der Waals surface area contributed by atoms with Crippen LogP contribution in [0, 0.1) is 5.21 Å². The molecule has 0 spiro atoms. The van der Waals surface area contributed by atoms with E-state index in [1.807, 2.05) is 0 Å². The van der Waals surface area contributed by atoms with Crippen molar-refractivity contribution in [1.29, 1.82) is 0 Å². The van der Waals surface area contributed by atoms with E-state index in [1.165, 1.54) is 0 Å². The summed E-state index contributed by atoms with van der Waals surface area (Å²) >= 11 is 0. The summed E-state index contributed by atoms with van der Waals surface area (Å²) in [5, 5.41) is 10.8. The third-order valence-corrected chi connectivity index (χ3v) is 1.35. The van der Waals surface area contributed by atoms with Gasteiger partial charge in [0.25, 0.3) is 0 Å². The van der Waals surface area contributed by atoms with Crippen molar-refractivity contribution in [3.05, 3.63) is 5.21 Å². The van der Waals surface area contributed by atoms with E-state index < -0.39 is 0 Å². The van der Waals surface area contributed by atoms with Crippen LogP contribution in [0.4, 0.5) is 0 Å². The zero-order chi connectivity index (χ0) is 5.33. The zero-order valence-electron chi connectivity index (χ0n) is 4.68. The molecule has 2 heteroatoms. The monoisotopic (exact) mass is 101 g/mol. The first-order valence-electron chi connectivity index (χ1n) is 2.84. The Morgan fingerprint density at radius 1 is 1.57 bits per heavy atom. The normalized spacial score (nSPS) is 24.9. The molecule has 7 heavy (non-hydrogen) atoms. The summed E-state index contributed by atoms with van der Waals surface area (Å²) < 4.78 is 0.0938. The number of nitrogens with zero attached hydrogens (tertiary/aromatic N) is 1. The van der Waals surface area contributed by atoms with Crippen LogP contribution < -0.4 is 0 Å². The number of hydrogen-bond donors (Lipinski definition) is 0. The van der Waals surface area contributed by atoms with Gasteiger partial charge in [0.2, 0.25) is 0 Å². The quantitative estimate of drug-likeness (QED) is 0.285.